The van der Waals surface area contributed by atoms with Crippen LogP contribution < -0.4 is 10.5 Å². The summed E-state index contributed by atoms with van der Waals surface area (Å²) < 4.78 is 24.6. The summed E-state index contributed by atoms with van der Waals surface area (Å²) in [5.74, 6) is -0.0113. The number of hydrogen-bond acceptors (Lipinski definition) is 3. The molecule has 94 valence electrons. The van der Waals surface area contributed by atoms with Crippen molar-refractivity contribution in [3.63, 3.8) is 0 Å². The molecule has 2 N–H and O–H groups in total. The Morgan fingerprint density at radius 2 is 2.35 bits per heavy atom. The minimum atomic E-state index is -0.318. The second kappa shape index (κ2) is 5.98. The first-order valence-electron chi connectivity index (χ1n) is 6.02. The van der Waals surface area contributed by atoms with Gasteiger partial charge in [-0.15, -0.1) is 0 Å². The fraction of sp³-hybridized carbons (Fsp3) is 0.538. The minimum absolute atomic E-state index is 0.0291. The van der Waals surface area contributed by atoms with Gasteiger partial charge in [-0.3, -0.25) is 0 Å². The second-order valence-corrected chi connectivity index (χ2v) is 4.26. The largest absolute Gasteiger partial charge is 0.485 e. The van der Waals surface area contributed by atoms with Gasteiger partial charge in [0, 0.05) is 6.61 Å². The molecule has 4 heteroatoms. The molecular formula is C13H18FNO2. The Labute approximate surface area is 101 Å². The van der Waals surface area contributed by atoms with E-state index in [0.717, 1.165) is 25.0 Å². The quantitative estimate of drug-likeness (QED) is 0.872. The molecule has 1 heterocycles. The molecule has 1 unspecified atom stereocenters. The average Bonchev–Trinajstić information content (AvgIpc) is 2.34. The number of halogens is 1. The van der Waals surface area contributed by atoms with E-state index in [1.807, 2.05) is 6.07 Å². The van der Waals surface area contributed by atoms with E-state index in [1.165, 1.54) is 6.07 Å². The van der Waals surface area contributed by atoms with Gasteiger partial charge >= 0.3 is 0 Å². The van der Waals surface area contributed by atoms with Crippen molar-refractivity contribution < 1.29 is 13.9 Å². The smallest absolute Gasteiger partial charge is 0.165 e. The highest BCUT2D eigenvalue weighted by atomic mass is 19.1. The van der Waals surface area contributed by atoms with Crippen molar-refractivity contribution >= 4 is 0 Å². The monoisotopic (exact) mass is 239 g/mol. The lowest BCUT2D eigenvalue weighted by atomic mass is 10.1. The van der Waals surface area contributed by atoms with Crippen molar-refractivity contribution in [3.05, 3.63) is 29.6 Å². The lowest BCUT2D eigenvalue weighted by Crippen LogP contribution is -2.28. The van der Waals surface area contributed by atoms with Crippen molar-refractivity contribution in [2.75, 3.05) is 19.8 Å². The summed E-state index contributed by atoms with van der Waals surface area (Å²) in [5.41, 5.74) is 6.33. The van der Waals surface area contributed by atoms with Gasteiger partial charge in [-0.05, 0) is 43.5 Å². The number of nitrogens with two attached hydrogens (primary N) is 1. The number of benzene rings is 1. The highest BCUT2D eigenvalue weighted by Gasteiger charge is 2.17. The highest BCUT2D eigenvalue weighted by Crippen LogP contribution is 2.22. The normalized spacial score (nSPS) is 20.2. The zero-order valence-corrected chi connectivity index (χ0v) is 9.82. The van der Waals surface area contributed by atoms with Crippen LogP contribution in [0.15, 0.2) is 18.2 Å². The van der Waals surface area contributed by atoms with Crippen LogP contribution in [0.1, 0.15) is 18.4 Å². The van der Waals surface area contributed by atoms with Crippen LogP contribution >= 0.6 is 0 Å². The first-order chi connectivity index (χ1) is 8.29. The Kier molecular flexibility index (Phi) is 4.34. The van der Waals surface area contributed by atoms with Crippen LogP contribution in [0.5, 0.6) is 5.75 Å². The molecule has 0 aliphatic carbocycles. The van der Waals surface area contributed by atoms with E-state index >= 15 is 0 Å². The number of hydrogen-bond donors (Lipinski definition) is 1. The van der Waals surface area contributed by atoms with Crippen LogP contribution in [0, 0.1) is 5.82 Å². The molecule has 0 bridgehead atoms. The highest BCUT2D eigenvalue weighted by molar-refractivity contribution is 5.29. The van der Waals surface area contributed by atoms with Gasteiger partial charge in [0.25, 0.3) is 0 Å². The minimum Gasteiger partial charge on any atom is -0.485 e. The molecule has 0 aromatic heterocycles. The van der Waals surface area contributed by atoms with E-state index in [-0.39, 0.29) is 11.9 Å². The van der Waals surface area contributed by atoms with E-state index in [9.17, 15) is 4.39 Å². The van der Waals surface area contributed by atoms with Gasteiger partial charge in [-0.25, -0.2) is 4.39 Å². The number of rotatable bonds is 4. The molecule has 0 amide bonds. The van der Waals surface area contributed by atoms with E-state index in [1.54, 1.807) is 6.07 Å². The average molecular weight is 239 g/mol. The third-order valence-corrected chi connectivity index (χ3v) is 2.84. The van der Waals surface area contributed by atoms with Crippen molar-refractivity contribution in [1.82, 2.24) is 0 Å². The molecule has 1 atom stereocenters. The molecule has 1 aromatic carbocycles. The maximum absolute atomic E-state index is 13.7. The molecule has 17 heavy (non-hydrogen) atoms. The molecule has 0 saturated carbocycles. The zero-order chi connectivity index (χ0) is 12.1. The zero-order valence-electron chi connectivity index (χ0n) is 9.82. The predicted molar refractivity (Wildman–Crippen MR) is 63.6 cm³/mol. The van der Waals surface area contributed by atoms with Crippen molar-refractivity contribution in [2.24, 2.45) is 5.73 Å². The van der Waals surface area contributed by atoms with E-state index in [2.05, 4.69) is 0 Å². The topological polar surface area (TPSA) is 44.5 Å². The van der Waals surface area contributed by atoms with Gasteiger partial charge in [0.1, 0.15) is 6.10 Å². The fourth-order valence-corrected chi connectivity index (χ4v) is 1.95. The molecule has 1 aromatic rings. The van der Waals surface area contributed by atoms with Crippen molar-refractivity contribution in [3.8, 4) is 5.75 Å². The molecule has 1 saturated heterocycles. The molecule has 0 radical (unpaired) electrons. The fourth-order valence-electron chi connectivity index (χ4n) is 1.95. The Hall–Kier alpha value is -1.13. The van der Waals surface area contributed by atoms with Gasteiger partial charge in [-0.2, -0.15) is 0 Å². The molecule has 3 nitrogen and oxygen atoms in total. The SMILES string of the molecule is NCCc1ccc(OC2CCCOC2)c(F)c1. The molecule has 2 rings (SSSR count). The summed E-state index contributed by atoms with van der Waals surface area (Å²) in [6.45, 7) is 1.85. The van der Waals surface area contributed by atoms with Crippen LogP contribution in [0.3, 0.4) is 0 Å². The first-order valence-corrected chi connectivity index (χ1v) is 6.02. The predicted octanol–water partition coefficient (Wildman–Crippen LogP) is 1.88. The molecule has 1 aliphatic rings. The summed E-state index contributed by atoms with van der Waals surface area (Å²) in [6, 6.07) is 5.02. The van der Waals surface area contributed by atoms with Crippen molar-refractivity contribution in [2.45, 2.75) is 25.4 Å². The maximum atomic E-state index is 13.7. The van der Waals surface area contributed by atoms with Crippen LogP contribution in [-0.4, -0.2) is 25.9 Å². The van der Waals surface area contributed by atoms with Gasteiger partial charge in [0.05, 0.1) is 6.61 Å². The van der Waals surface area contributed by atoms with E-state index in [0.29, 0.717) is 25.3 Å². The van der Waals surface area contributed by atoms with Crippen LogP contribution in [0.2, 0.25) is 0 Å². The Morgan fingerprint density at radius 1 is 1.47 bits per heavy atom. The summed E-state index contributed by atoms with van der Waals surface area (Å²) in [7, 11) is 0. The first kappa shape index (κ1) is 12.3. The van der Waals surface area contributed by atoms with Gasteiger partial charge in [0.15, 0.2) is 11.6 Å². The summed E-state index contributed by atoms with van der Waals surface area (Å²) in [6.07, 6.45) is 2.55. The Balaban J connectivity index is 2.00. The Bertz CT molecular complexity index is 364. The van der Waals surface area contributed by atoms with Crippen LogP contribution in [0.4, 0.5) is 4.39 Å². The molecule has 1 fully saturated rings. The Morgan fingerprint density at radius 3 is 3.00 bits per heavy atom. The standard InChI is InChI=1S/C13H18FNO2/c14-12-8-10(5-6-15)3-4-13(12)17-11-2-1-7-16-9-11/h3-4,8,11H,1-2,5-7,9,15H2. The lowest BCUT2D eigenvalue weighted by Gasteiger charge is -2.23. The lowest BCUT2D eigenvalue weighted by molar-refractivity contribution is 0.00587. The third-order valence-electron chi connectivity index (χ3n) is 2.84. The maximum Gasteiger partial charge on any atom is 0.165 e. The molecule has 1 aliphatic heterocycles. The van der Waals surface area contributed by atoms with Gasteiger partial charge in [0.2, 0.25) is 0 Å². The summed E-state index contributed by atoms with van der Waals surface area (Å²) in [5, 5.41) is 0. The van der Waals surface area contributed by atoms with Crippen LogP contribution in [0.25, 0.3) is 0 Å². The molecule has 0 spiro atoms. The van der Waals surface area contributed by atoms with Gasteiger partial charge in [-0.1, -0.05) is 6.07 Å². The van der Waals surface area contributed by atoms with Crippen LogP contribution in [-0.2, 0) is 11.2 Å². The van der Waals surface area contributed by atoms with Gasteiger partial charge < -0.3 is 15.2 Å². The van der Waals surface area contributed by atoms with E-state index < -0.39 is 0 Å². The van der Waals surface area contributed by atoms with E-state index in [4.69, 9.17) is 15.2 Å². The third kappa shape index (κ3) is 3.41. The molecular weight excluding hydrogens is 221 g/mol. The summed E-state index contributed by atoms with van der Waals surface area (Å²) in [4.78, 5) is 0. The van der Waals surface area contributed by atoms with Crippen molar-refractivity contribution in [1.29, 1.82) is 0 Å². The number of ether oxygens (including phenoxy) is 2. The summed E-state index contributed by atoms with van der Waals surface area (Å²) >= 11 is 0. The second-order valence-electron chi connectivity index (χ2n) is 4.26.